The number of rotatable bonds is 5. The Labute approximate surface area is 157 Å². The SMILES string of the molecule is O=C(CC12CC3CC(CC(C3)C1)C2)N[C@@H]1CCN(Cc2ccccc2)C1. The van der Waals surface area contributed by atoms with Crippen molar-refractivity contribution in [1.82, 2.24) is 10.2 Å². The number of hydrogen-bond donors (Lipinski definition) is 1. The van der Waals surface area contributed by atoms with Crippen molar-refractivity contribution in [3.05, 3.63) is 35.9 Å². The molecule has 1 aromatic carbocycles. The van der Waals surface area contributed by atoms with Crippen molar-refractivity contribution in [3.8, 4) is 0 Å². The summed E-state index contributed by atoms with van der Waals surface area (Å²) >= 11 is 0. The van der Waals surface area contributed by atoms with E-state index in [4.69, 9.17) is 0 Å². The Morgan fingerprint density at radius 1 is 1.04 bits per heavy atom. The highest BCUT2D eigenvalue weighted by Crippen LogP contribution is 2.61. The highest BCUT2D eigenvalue weighted by Gasteiger charge is 2.51. The lowest BCUT2D eigenvalue weighted by Gasteiger charge is -2.56. The third-order valence-electron chi connectivity index (χ3n) is 7.59. The number of amides is 1. The molecule has 0 aromatic heterocycles. The van der Waals surface area contributed by atoms with E-state index in [2.05, 4.69) is 40.5 Å². The molecule has 1 aliphatic heterocycles. The third kappa shape index (κ3) is 3.43. The monoisotopic (exact) mass is 352 g/mol. The molecule has 3 nitrogen and oxygen atoms in total. The van der Waals surface area contributed by atoms with Crippen molar-refractivity contribution in [2.75, 3.05) is 13.1 Å². The van der Waals surface area contributed by atoms with Crippen molar-refractivity contribution >= 4 is 5.91 Å². The van der Waals surface area contributed by atoms with Crippen LogP contribution in [0.5, 0.6) is 0 Å². The maximum absolute atomic E-state index is 12.8. The van der Waals surface area contributed by atoms with Crippen molar-refractivity contribution in [3.63, 3.8) is 0 Å². The molecule has 140 valence electrons. The van der Waals surface area contributed by atoms with E-state index in [1.165, 1.54) is 44.1 Å². The van der Waals surface area contributed by atoms with E-state index in [-0.39, 0.29) is 0 Å². The maximum Gasteiger partial charge on any atom is 0.220 e. The summed E-state index contributed by atoms with van der Waals surface area (Å²) in [4.78, 5) is 15.3. The van der Waals surface area contributed by atoms with Crippen molar-refractivity contribution in [1.29, 1.82) is 0 Å². The zero-order valence-corrected chi connectivity index (χ0v) is 15.8. The summed E-state index contributed by atoms with van der Waals surface area (Å²) in [6, 6.07) is 11.0. The van der Waals surface area contributed by atoms with Crippen LogP contribution in [0.1, 0.15) is 56.9 Å². The summed E-state index contributed by atoms with van der Waals surface area (Å²) in [6.45, 7) is 3.10. The van der Waals surface area contributed by atoms with Gasteiger partial charge in [-0.2, -0.15) is 0 Å². The predicted octanol–water partition coefficient (Wildman–Crippen LogP) is 3.98. The van der Waals surface area contributed by atoms with Crippen LogP contribution in [-0.4, -0.2) is 29.9 Å². The molecule has 1 amide bonds. The molecule has 1 saturated heterocycles. The lowest BCUT2D eigenvalue weighted by molar-refractivity contribution is -0.130. The van der Waals surface area contributed by atoms with Gasteiger partial charge in [-0.3, -0.25) is 9.69 Å². The lowest BCUT2D eigenvalue weighted by Crippen LogP contribution is -2.49. The minimum Gasteiger partial charge on any atom is -0.352 e. The Hall–Kier alpha value is -1.35. The molecule has 6 rings (SSSR count). The van der Waals surface area contributed by atoms with Gasteiger partial charge in [0, 0.05) is 32.1 Å². The highest BCUT2D eigenvalue weighted by atomic mass is 16.1. The van der Waals surface area contributed by atoms with Crippen LogP contribution >= 0.6 is 0 Å². The van der Waals surface area contributed by atoms with Crippen LogP contribution in [0.4, 0.5) is 0 Å². The van der Waals surface area contributed by atoms with Crippen molar-refractivity contribution in [2.24, 2.45) is 23.2 Å². The van der Waals surface area contributed by atoms with Crippen molar-refractivity contribution in [2.45, 2.75) is 64.0 Å². The molecule has 5 fully saturated rings. The Morgan fingerprint density at radius 3 is 2.35 bits per heavy atom. The quantitative estimate of drug-likeness (QED) is 0.869. The van der Waals surface area contributed by atoms with E-state index in [0.29, 0.717) is 17.4 Å². The van der Waals surface area contributed by atoms with E-state index in [9.17, 15) is 4.79 Å². The second-order valence-corrected chi connectivity index (χ2v) is 9.87. The molecule has 4 aliphatic carbocycles. The maximum atomic E-state index is 12.8. The van der Waals surface area contributed by atoms with Crippen molar-refractivity contribution < 1.29 is 4.79 Å². The van der Waals surface area contributed by atoms with Gasteiger partial charge < -0.3 is 5.32 Å². The van der Waals surface area contributed by atoms with E-state index in [1.54, 1.807) is 0 Å². The molecule has 26 heavy (non-hydrogen) atoms. The number of likely N-dealkylation sites (tertiary alicyclic amines) is 1. The summed E-state index contributed by atoms with van der Waals surface area (Å²) in [5.41, 5.74) is 1.73. The van der Waals surface area contributed by atoms with E-state index in [0.717, 1.165) is 50.2 Å². The molecule has 4 saturated carbocycles. The lowest BCUT2D eigenvalue weighted by atomic mass is 9.49. The minimum atomic E-state index is 0.332. The Balaban J connectivity index is 1.13. The van der Waals surface area contributed by atoms with Crippen LogP contribution < -0.4 is 5.32 Å². The average Bonchev–Trinajstić information content (AvgIpc) is 3.00. The van der Waals surface area contributed by atoms with Crippen LogP contribution in [0.15, 0.2) is 30.3 Å². The molecule has 3 heteroatoms. The van der Waals surface area contributed by atoms with Gasteiger partial charge in [-0.15, -0.1) is 0 Å². The Kier molecular flexibility index (Phi) is 4.31. The molecule has 4 bridgehead atoms. The van der Waals surface area contributed by atoms with Gasteiger partial charge in [-0.05, 0) is 73.7 Å². The van der Waals surface area contributed by atoms with Gasteiger partial charge in [0.1, 0.15) is 0 Å². The third-order valence-corrected chi connectivity index (χ3v) is 7.59. The zero-order valence-electron chi connectivity index (χ0n) is 15.8. The molecule has 1 heterocycles. The van der Waals surface area contributed by atoms with Crippen LogP contribution in [0, 0.1) is 23.2 Å². The fourth-order valence-electron chi connectivity index (χ4n) is 7.06. The second-order valence-electron chi connectivity index (χ2n) is 9.87. The van der Waals surface area contributed by atoms with Gasteiger partial charge in [0.25, 0.3) is 0 Å². The van der Waals surface area contributed by atoms with E-state index >= 15 is 0 Å². The summed E-state index contributed by atoms with van der Waals surface area (Å²) in [5, 5.41) is 3.39. The number of carbonyl (C=O) groups is 1. The number of carbonyl (C=O) groups excluding carboxylic acids is 1. The number of hydrogen-bond acceptors (Lipinski definition) is 2. The summed E-state index contributed by atoms with van der Waals surface area (Å²) in [6.07, 6.45) is 10.3. The molecular formula is C23H32N2O. The van der Waals surface area contributed by atoms with Crippen LogP contribution in [0.2, 0.25) is 0 Å². The molecule has 5 aliphatic rings. The molecule has 0 spiro atoms. The van der Waals surface area contributed by atoms with E-state index < -0.39 is 0 Å². The second kappa shape index (κ2) is 6.67. The normalized spacial score (nSPS) is 38.6. The Bertz CT molecular complexity index is 620. The van der Waals surface area contributed by atoms with Crippen LogP contribution in [0.25, 0.3) is 0 Å². The highest BCUT2D eigenvalue weighted by molar-refractivity contribution is 5.77. The first-order valence-corrected chi connectivity index (χ1v) is 10.7. The summed E-state index contributed by atoms with van der Waals surface area (Å²) in [5.74, 6) is 3.13. The zero-order chi connectivity index (χ0) is 17.6. The standard InChI is InChI=1S/C23H32N2O/c26-22(14-23-11-18-8-19(12-23)10-20(9-18)13-23)24-21-6-7-25(16-21)15-17-4-2-1-3-5-17/h1-5,18-21H,6-16H2,(H,24,26)/t18?,19?,20?,21-,23?/m1/s1. The van der Waals surface area contributed by atoms with Crippen LogP contribution in [0.3, 0.4) is 0 Å². The molecule has 0 radical (unpaired) electrons. The van der Waals surface area contributed by atoms with Gasteiger partial charge in [0.15, 0.2) is 0 Å². The molecule has 1 atom stereocenters. The fourth-order valence-corrected chi connectivity index (χ4v) is 7.06. The smallest absolute Gasteiger partial charge is 0.220 e. The first-order valence-electron chi connectivity index (χ1n) is 10.7. The first-order chi connectivity index (χ1) is 12.7. The molecule has 1 aromatic rings. The van der Waals surface area contributed by atoms with Gasteiger partial charge in [-0.25, -0.2) is 0 Å². The number of nitrogens with zero attached hydrogens (tertiary/aromatic N) is 1. The van der Waals surface area contributed by atoms with Crippen LogP contribution in [-0.2, 0) is 11.3 Å². The van der Waals surface area contributed by atoms with Gasteiger partial charge in [0.05, 0.1) is 0 Å². The number of nitrogens with one attached hydrogen (secondary N) is 1. The largest absolute Gasteiger partial charge is 0.352 e. The van der Waals surface area contributed by atoms with E-state index in [1.807, 2.05) is 0 Å². The average molecular weight is 353 g/mol. The summed E-state index contributed by atoms with van der Waals surface area (Å²) < 4.78 is 0. The van der Waals surface area contributed by atoms with Gasteiger partial charge in [-0.1, -0.05) is 30.3 Å². The summed E-state index contributed by atoms with van der Waals surface area (Å²) in [7, 11) is 0. The van der Waals surface area contributed by atoms with Gasteiger partial charge in [0.2, 0.25) is 5.91 Å². The predicted molar refractivity (Wildman–Crippen MR) is 103 cm³/mol. The Morgan fingerprint density at radius 2 is 1.69 bits per heavy atom. The first kappa shape index (κ1) is 16.8. The fraction of sp³-hybridized carbons (Fsp3) is 0.696. The minimum absolute atomic E-state index is 0.332. The molecule has 0 unspecified atom stereocenters. The molecular weight excluding hydrogens is 320 g/mol. The topological polar surface area (TPSA) is 32.3 Å². The molecule has 1 N–H and O–H groups in total. The van der Waals surface area contributed by atoms with Gasteiger partial charge >= 0.3 is 0 Å². The number of benzene rings is 1.